The van der Waals surface area contributed by atoms with E-state index in [1.54, 1.807) is 10.6 Å². The second-order valence-electron chi connectivity index (χ2n) is 3.75. The van der Waals surface area contributed by atoms with Crippen molar-refractivity contribution in [2.75, 3.05) is 0 Å². The first-order valence-corrected chi connectivity index (χ1v) is 4.93. The number of benzene rings is 1. The molecule has 0 saturated carbocycles. The average molecular weight is 199 g/mol. The third-order valence-electron chi connectivity index (χ3n) is 2.87. The van der Waals surface area contributed by atoms with Crippen LogP contribution in [0.1, 0.15) is 16.9 Å². The largest absolute Gasteiger partial charge is 0.305 e. The zero-order valence-electron chi connectivity index (χ0n) is 8.06. The highest BCUT2D eigenvalue weighted by Crippen LogP contribution is 2.17. The fraction of sp³-hybridized carbons (Fsp3) is 0.167. The molecule has 1 aromatic heterocycles. The van der Waals surface area contributed by atoms with Gasteiger partial charge in [0.25, 0.3) is 5.56 Å². The first-order valence-electron chi connectivity index (χ1n) is 4.93. The summed E-state index contributed by atoms with van der Waals surface area (Å²) in [4.78, 5) is 23.5. The molecule has 0 aliphatic carbocycles. The number of carbonyl (C=O) groups is 1. The molecule has 0 N–H and O–H groups in total. The molecule has 0 bridgehead atoms. The number of pyridine rings is 1. The molecule has 3 heteroatoms. The van der Waals surface area contributed by atoms with E-state index in [9.17, 15) is 9.59 Å². The summed E-state index contributed by atoms with van der Waals surface area (Å²) in [5.74, 6) is 0.0675. The lowest BCUT2D eigenvalue weighted by Gasteiger charge is -2.03. The van der Waals surface area contributed by atoms with Crippen molar-refractivity contribution in [1.82, 2.24) is 4.57 Å². The highest BCUT2D eigenvalue weighted by molar-refractivity contribution is 5.99. The van der Waals surface area contributed by atoms with Crippen LogP contribution in [-0.4, -0.2) is 10.4 Å². The van der Waals surface area contributed by atoms with Crippen molar-refractivity contribution in [3.63, 3.8) is 0 Å². The lowest BCUT2D eigenvalue weighted by Crippen LogP contribution is -2.19. The van der Waals surface area contributed by atoms with Gasteiger partial charge in [0.2, 0.25) is 0 Å². The second kappa shape index (κ2) is 2.79. The van der Waals surface area contributed by atoms with Crippen molar-refractivity contribution >= 4 is 16.6 Å². The first kappa shape index (κ1) is 8.41. The van der Waals surface area contributed by atoms with Gasteiger partial charge < -0.3 is 4.57 Å². The minimum absolute atomic E-state index is 0.0473. The Labute approximate surface area is 86.0 Å². The number of ketones is 1. The van der Waals surface area contributed by atoms with Gasteiger partial charge in [-0.15, -0.1) is 0 Å². The van der Waals surface area contributed by atoms with Gasteiger partial charge in [0.05, 0.1) is 5.69 Å². The van der Waals surface area contributed by atoms with E-state index in [-0.39, 0.29) is 11.3 Å². The van der Waals surface area contributed by atoms with Gasteiger partial charge >= 0.3 is 0 Å². The number of aromatic nitrogens is 1. The number of carbonyl (C=O) groups excluding carboxylic acids is 1. The lowest BCUT2D eigenvalue weighted by atomic mass is 10.1. The van der Waals surface area contributed by atoms with Crippen LogP contribution in [0.3, 0.4) is 0 Å². The minimum Gasteiger partial charge on any atom is -0.305 e. The molecule has 3 rings (SSSR count). The van der Waals surface area contributed by atoms with Crippen molar-refractivity contribution < 1.29 is 4.79 Å². The van der Waals surface area contributed by atoms with Gasteiger partial charge in [0.1, 0.15) is 0 Å². The van der Waals surface area contributed by atoms with E-state index in [1.165, 1.54) is 0 Å². The Bertz CT molecular complexity index is 625. The van der Waals surface area contributed by atoms with Gasteiger partial charge in [0, 0.05) is 18.4 Å². The highest BCUT2D eigenvalue weighted by Gasteiger charge is 2.21. The van der Waals surface area contributed by atoms with Crippen molar-refractivity contribution in [1.29, 1.82) is 0 Å². The molecule has 15 heavy (non-hydrogen) atoms. The van der Waals surface area contributed by atoms with Crippen molar-refractivity contribution in [2.24, 2.45) is 0 Å². The van der Waals surface area contributed by atoms with Gasteiger partial charge in [-0.2, -0.15) is 0 Å². The third-order valence-corrected chi connectivity index (χ3v) is 2.87. The van der Waals surface area contributed by atoms with Crippen LogP contribution in [0.5, 0.6) is 0 Å². The van der Waals surface area contributed by atoms with Crippen molar-refractivity contribution in [3.8, 4) is 0 Å². The number of nitrogens with zero attached hydrogens (tertiary/aromatic N) is 1. The third kappa shape index (κ3) is 1.06. The summed E-state index contributed by atoms with van der Waals surface area (Å²) in [6.45, 7) is 0.526. The molecule has 0 saturated heterocycles. The van der Waals surface area contributed by atoms with Crippen LogP contribution in [0.25, 0.3) is 10.8 Å². The normalized spacial score (nSPS) is 14.5. The van der Waals surface area contributed by atoms with Crippen molar-refractivity contribution in [2.45, 2.75) is 13.0 Å². The van der Waals surface area contributed by atoms with Gasteiger partial charge in [-0.25, -0.2) is 0 Å². The van der Waals surface area contributed by atoms with Crippen LogP contribution >= 0.6 is 0 Å². The summed E-state index contributed by atoms with van der Waals surface area (Å²) in [6, 6.07) is 9.19. The van der Waals surface area contributed by atoms with E-state index >= 15 is 0 Å². The van der Waals surface area contributed by atoms with Gasteiger partial charge in [0.15, 0.2) is 5.78 Å². The standard InChI is InChI=1S/C12H9NO2/c14-11-5-6-13-10(11)7-8-3-1-2-4-9(8)12(13)15/h1-4,7H,5-6H2. The van der Waals surface area contributed by atoms with Crippen LogP contribution in [-0.2, 0) is 6.54 Å². The van der Waals surface area contributed by atoms with Crippen LogP contribution < -0.4 is 5.56 Å². The second-order valence-corrected chi connectivity index (χ2v) is 3.75. The zero-order chi connectivity index (χ0) is 10.4. The summed E-state index contributed by atoms with van der Waals surface area (Å²) in [5.41, 5.74) is 0.507. The van der Waals surface area contributed by atoms with E-state index in [0.717, 1.165) is 5.39 Å². The molecule has 1 aliphatic rings. The summed E-state index contributed by atoms with van der Waals surface area (Å²) in [6.07, 6.45) is 0.450. The van der Waals surface area contributed by atoms with Gasteiger partial charge in [-0.3, -0.25) is 9.59 Å². The molecule has 1 aromatic carbocycles. The van der Waals surface area contributed by atoms with Crippen LogP contribution in [0, 0.1) is 0 Å². The molecule has 2 aromatic rings. The maximum Gasteiger partial charge on any atom is 0.258 e. The molecular formula is C12H9NO2. The Morgan fingerprint density at radius 1 is 1.13 bits per heavy atom. The Hall–Kier alpha value is -1.90. The minimum atomic E-state index is -0.0473. The molecule has 0 spiro atoms. The molecule has 0 atom stereocenters. The smallest absolute Gasteiger partial charge is 0.258 e. The van der Waals surface area contributed by atoms with Crippen LogP contribution in [0.2, 0.25) is 0 Å². The van der Waals surface area contributed by atoms with Crippen LogP contribution in [0.15, 0.2) is 35.1 Å². The Morgan fingerprint density at radius 3 is 2.80 bits per heavy atom. The Morgan fingerprint density at radius 2 is 1.93 bits per heavy atom. The fourth-order valence-corrected chi connectivity index (χ4v) is 2.09. The zero-order valence-corrected chi connectivity index (χ0v) is 8.06. The average Bonchev–Trinajstić information content (AvgIpc) is 2.62. The Kier molecular flexibility index (Phi) is 1.57. The molecule has 0 radical (unpaired) electrons. The molecule has 0 amide bonds. The van der Waals surface area contributed by atoms with E-state index in [2.05, 4.69) is 0 Å². The highest BCUT2D eigenvalue weighted by atomic mass is 16.1. The first-order chi connectivity index (χ1) is 7.27. The number of hydrogen-bond acceptors (Lipinski definition) is 2. The predicted molar refractivity (Wildman–Crippen MR) is 57.2 cm³/mol. The van der Waals surface area contributed by atoms with Crippen molar-refractivity contribution in [3.05, 3.63) is 46.4 Å². The monoisotopic (exact) mass is 199 g/mol. The van der Waals surface area contributed by atoms with Gasteiger partial charge in [-0.05, 0) is 17.5 Å². The molecule has 0 unspecified atom stereocenters. The quantitative estimate of drug-likeness (QED) is 0.646. The van der Waals surface area contributed by atoms with E-state index in [4.69, 9.17) is 0 Å². The lowest BCUT2D eigenvalue weighted by molar-refractivity contribution is 0.0994. The van der Waals surface area contributed by atoms with Gasteiger partial charge in [-0.1, -0.05) is 18.2 Å². The van der Waals surface area contributed by atoms with E-state index in [0.29, 0.717) is 24.0 Å². The summed E-state index contributed by atoms with van der Waals surface area (Å²) in [7, 11) is 0. The molecule has 0 fully saturated rings. The topological polar surface area (TPSA) is 39.1 Å². The fourth-order valence-electron chi connectivity index (χ4n) is 2.09. The SMILES string of the molecule is O=C1CCn2c1cc1ccccc1c2=O. The number of fused-ring (bicyclic) bond motifs is 2. The number of Topliss-reactive ketones (excluding diaryl/α,β-unsaturated/α-hetero) is 1. The van der Waals surface area contributed by atoms with E-state index in [1.807, 2.05) is 24.3 Å². The predicted octanol–water partition coefficient (Wildman–Crippen LogP) is 1.59. The van der Waals surface area contributed by atoms with Crippen LogP contribution in [0.4, 0.5) is 0 Å². The summed E-state index contributed by atoms with van der Waals surface area (Å²) < 4.78 is 1.57. The van der Waals surface area contributed by atoms with E-state index < -0.39 is 0 Å². The number of hydrogen-bond donors (Lipinski definition) is 0. The molecule has 1 aliphatic heterocycles. The summed E-state index contributed by atoms with van der Waals surface area (Å²) >= 11 is 0. The maximum absolute atomic E-state index is 12.0. The molecular weight excluding hydrogens is 190 g/mol. The summed E-state index contributed by atoms with van der Waals surface area (Å²) in [5, 5.41) is 1.54. The Balaban J connectivity index is 2.51. The number of rotatable bonds is 0. The molecule has 2 heterocycles. The maximum atomic E-state index is 12.0. The molecule has 3 nitrogen and oxygen atoms in total. The molecule has 74 valence electrons.